The number of pyridine rings is 1. The third-order valence-corrected chi connectivity index (χ3v) is 4.27. The van der Waals surface area contributed by atoms with Crippen molar-refractivity contribution in [1.29, 1.82) is 0 Å². The summed E-state index contributed by atoms with van der Waals surface area (Å²) in [5, 5.41) is 2.48. The highest BCUT2D eigenvalue weighted by Gasteiger charge is 2.35. The summed E-state index contributed by atoms with van der Waals surface area (Å²) >= 11 is 0. The van der Waals surface area contributed by atoms with Crippen LogP contribution in [0.4, 0.5) is 43.9 Å². The lowest BCUT2D eigenvalue weighted by Crippen LogP contribution is -2.12. The Morgan fingerprint density at radius 2 is 1.58 bits per heavy atom. The maximum atomic E-state index is 13.3. The van der Waals surface area contributed by atoms with Gasteiger partial charge >= 0.3 is 12.4 Å². The Bertz CT molecular complexity index is 1250. The smallest absolute Gasteiger partial charge is 0.382 e. The predicted molar refractivity (Wildman–Crippen MR) is 98.6 cm³/mol. The molecule has 0 unspecified atom stereocenters. The first-order chi connectivity index (χ1) is 14.6. The second kappa shape index (κ2) is 7.11. The summed E-state index contributed by atoms with van der Waals surface area (Å²) in [5.41, 5.74) is 4.13. The van der Waals surface area contributed by atoms with Crippen LogP contribution in [0.3, 0.4) is 0 Å². The van der Waals surface area contributed by atoms with Crippen LogP contribution in [-0.2, 0) is 12.4 Å². The Labute approximate surface area is 169 Å². The van der Waals surface area contributed by atoms with Crippen molar-refractivity contribution in [3.05, 3.63) is 60.0 Å². The largest absolute Gasteiger partial charge is 0.419 e. The lowest BCUT2D eigenvalue weighted by Gasteiger charge is -2.14. The molecule has 0 atom stereocenters. The number of benzene rings is 1. The number of anilines is 3. The Morgan fingerprint density at radius 3 is 2.23 bits per heavy atom. The van der Waals surface area contributed by atoms with Gasteiger partial charge in [0.15, 0.2) is 17.0 Å². The van der Waals surface area contributed by atoms with Crippen LogP contribution in [0.25, 0.3) is 16.9 Å². The highest BCUT2D eigenvalue weighted by Crippen LogP contribution is 2.36. The van der Waals surface area contributed by atoms with Crippen LogP contribution in [0.5, 0.6) is 0 Å². The monoisotopic (exact) mass is 439 g/mol. The molecule has 0 saturated heterocycles. The van der Waals surface area contributed by atoms with Gasteiger partial charge in [0, 0.05) is 6.20 Å². The van der Waals surface area contributed by atoms with Gasteiger partial charge in [-0.1, -0.05) is 0 Å². The van der Waals surface area contributed by atoms with E-state index < -0.39 is 29.3 Å². The first-order valence-corrected chi connectivity index (χ1v) is 8.51. The zero-order valence-electron chi connectivity index (χ0n) is 15.2. The second-order valence-electron chi connectivity index (χ2n) is 6.27. The fraction of sp³-hybridized carbons (Fsp3) is 0.111. The van der Waals surface area contributed by atoms with Gasteiger partial charge in [-0.3, -0.25) is 4.57 Å². The molecule has 13 heteroatoms. The number of nitrogens with zero attached hydrogens (tertiary/aromatic N) is 5. The molecule has 31 heavy (non-hydrogen) atoms. The SMILES string of the molecule is Nc1ncnc2c1nc(Nc1ncccc1C(F)(F)F)n2-c1ccc(C(F)(F)F)cc1. The van der Waals surface area contributed by atoms with Crippen molar-refractivity contribution in [3.63, 3.8) is 0 Å². The molecular weight excluding hydrogens is 428 g/mol. The first-order valence-electron chi connectivity index (χ1n) is 8.51. The fourth-order valence-corrected chi connectivity index (χ4v) is 2.88. The van der Waals surface area contributed by atoms with Crippen molar-refractivity contribution in [2.75, 3.05) is 11.1 Å². The number of rotatable bonds is 3. The van der Waals surface area contributed by atoms with E-state index in [-0.39, 0.29) is 28.6 Å². The van der Waals surface area contributed by atoms with E-state index in [9.17, 15) is 26.3 Å². The number of nitrogens with two attached hydrogens (primary N) is 1. The number of alkyl halides is 6. The van der Waals surface area contributed by atoms with Gasteiger partial charge in [0.1, 0.15) is 12.1 Å². The molecule has 7 nitrogen and oxygen atoms in total. The van der Waals surface area contributed by atoms with Crippen molar-refractivity contribution in [2.45, 2.75) is 12.4 Å². The normalized spacial score (nSPS) is 12.3. The predicted octanol–water partition coefficient (Wildman–Crippen LogP) is 4.57. The number of hydrogen-bond donors (Lipinski definition) is 2. The van der Waals surface area contributed by atoms with Crippen LogP contribution in [-0.4, -0.2) is 24.5 Å². The molecule has 0 fully saturated rings. The number of fused-ring (bicyclic) bond motifs is 1. The lowest BCUT2D eigenvalue weighted by molar-refractivity contribution is -0.138. The fourth-order valence-electron chi connectivity index (χ4n) is 2.88. The van der Waals surface area contributed by atoms with Gasteiger partial charge in [0.2, 0.25) is 5.95 Å². The lowest BCUT2D eigenvalue weighted by atomic mass is 10.2. The summed E-state index contributed by atoms with van der Waals surface area (Å²) in [6.07, 6.45) is -7.01. The molecule has 0 radical (unpaired) electrons. The van der Waals surface area contributed by atoms with E-state index in [4.69, 9.17) is 5.73 Å². The zero-order chi connectivity index (χ0) is 22.4. The van der Waals surface area contributed by atoms with Gasteiger partial charge in [-0.25, -0.2) is 19.9 Å². The summed E-state index contributed by atoms with van der Waals surface area (Å²) in [4.78, 5) is 15.7. The molecule has 0 aliphatic carbocycles. The molecule has 0 saturated carbocycles. The molecule has 4 aromatic rings. The highest BCUT2D eigenvalue weighted by atomic mass is 19.4. The maximum Gasteiger partial charge on any atom is 0.419 e. The third-order valence-electron chi connectivity index (χ3n) is 4.27. The van der Waals surface area contributed by atoms with Crippen LogP contribution in [0.15, 0.2) is 48.9 Å². The third kappa shape index (κ3) is 3.81. The number of nitrogen functional groups attached to an aromatic ring is 1. The van der Waals surface area contributed by atoms with Crippen LogP contribution >= 0.6 is 0 Å². The number of nitrogens with one attached hydrogen (secondary N) is 1. The number of halogens is 6. The molecule has 160 valence electrons. The minimum Gasteiger partial charge on any atom is -0.382 e. The van der Waals surface area contributed by atoms with E-state index in [1.807, 2.05) is 0 Å². The van der Waals surface area contributed by atoms with Crippen LogP contribution in [0, 0.1) is 0 Å². The van der Waals surface area contributed by atoms with Crippen molar-refractivity contribution < 1.29 is 26.3 Å². The standard InChI is InChI=1S/C18H11F6N7/c19-17(20,21)9-3-5-10(6-4-9)31-15-12(13(25)27-8-28-15)29-16(31)30-14-11(18(22,23)24)2-1-7-26-14/h1-8H,(H2,25,27,28)(H,26,29,30). The van der Waals surface area contributed by atoms with Gasteiger partial charge in [-0.15, -0.1) is 0 Å². The molecule has 0 amide bonds. The maximum absolute atomic E-state index is 13.3. The molecule has 3 aromatic heterocycles. The van der Waals surface area contributed by atoms with Gasteiger partial charge in [-0.2, -0.15) is 26.3 Å². The van der Waals surface area contributed by atoms with Crippen molar-refractivity contribution >= 4 is 28.7 Å². The molecule has 4 rings (SSSR count). The summed E-state index contributed by atoms with van der Waals surface area (Å²) in [6.45, 7) is 0. The van der Waals surface area contributed by atoms with Gasteiger partial charge in [-0.05, 0) is 36.4 Å². The van der Waals surface area contributed by atoms with E-state index in [2.05, 4.69) is 25.3 Å². The molecule has 0 bridgehead atoms. The molecule has 3 N–H and O–H groups in total. The highest BCUT2D eigenvalue weighted by molar-refractivity contribution is 5.86. The summed E-state index contributed by atoms with van der Waals surface area (Å²) in [6, 6.07) is 5.88. The molecule has 0 spiro atoms. The van der Waals surface area contributed by atoms with E-state index in [1.54, 1.807) is 0 Å². The molecule has 0 aliphatic rings. The number of aromatic nitrogens is 5. The van der Waals surface area contributed by atoms with E-state index in [0.29, 0.717) is 0 Å². The van der Waals surface area contributed by atoms with Crippen LogP contribution < -0.4 is 11.1 Å². The molecule has 0 aliphatic heterocycles. The van der Waals surface area contributed by atoms with E-state index in [0.717, 1.165) is 48.9 Å². The zero-order valence-corrected chi connectivity index (χ0v) is 15.2. The minimum absolute atomic E-state index is 0.0504. The molecule has 1 aromatic carbocycles. The molecule has 3 heterocycles. The van der Waals surface area contributed by atoms with E-state index in [1.165, 1.54) is 4.57 Å². The summed E-state index contributed by atoms with van der Waals surface area (Å²) in [7, 11) is 0. The Hall–Kier alpha value is -3.90. The Balaban J connectivity index is 1.89. The summed E-state index contributed by atoms with van der Waals surface area (Å²) < 4.78 is 80.0. The van der Waals surface area contributed by atoms with Crippen LogP contribution in [0.1, 0.15) is 11.1 Å². The second-order valence-corrected chi connectivity index (χ2v) is 6.27. The van der Waals surface area contributed by atoms with Crippen molar-refractivity contribution in [1.82, 2.24) is 24.5 Å². The number of hydrogen-bond acceptors (Lipinski definition) is 6. The number of imidazole rings is 1. The minimum atomic E-state index is -4.71. The summed E-state index contributed by atoms with van der Waals surface area (Å²) in [5.74, 6) is -0.799. The average Bonchev–Trinajstić information content (AvgIpc) is 3.06. The quantitative estimate of drug-likeness (QED) is 0.454. The van der Waals surface area contributed by atoms with Crippen LogP contribution in [0.2, 0.25) is 0 Å². The van der Waals surface area contributed by atoms with Crippen molar-refractivity contribution in [3.8, 4) is 5.69 Å². The van der Waals surface area contributed by atoms with E-state index >= 15 is 0 Å². The van der Waals surface area contributed by atoms with Crippen molar-refractivity contribution in [2.24, 2.45) is 0 Å². The van der Waals surface area contributed by atoms with Gasteiger partial charge < -0.3 is 11.1 Å². The first kappa shape index (κ1) is 20.4. The Kier molecular flexibility index (Phi) is 4.67. The average molecular weight is 439 g/mol. The topological polar surface area (TPSA) is 94.5 Å². The van der Waals surface area contributed by atoms with Gasteiger partial charge in [0.25, 0.3) is 0 Å². The van der Waals surface area contributed by atoms with Gasteiger partial charge in [0.05, 0.1) is 16.8 Å². The molecular formula is C18H11F6N7. The Morgan fingerprint density at radius 1 is 0.871 bits per heavy atom.